The van der Waals surface area contributed by atoms with Crippen molar-refractivity contribution in [3.05, 3.63) is 83.9 Å². The highest BCUT2D eigenvalue weighted by molar-refractivity contribution is 5.94. The van der Waals surface area contributed by atoms with Crippen LogP contribution in [-0.4, -0.2) is 27.6 Å². The number of aromatic nitrogens is 2. The van der Waals surface area contributed by atoms with E-state index in [4.69, 9.17) is 0 Å². The molecule has 1 amide bonds. The number of nitrogens with zero attached hydrogens (tertiary/aromatic N) is 3. The monoisotopic (exact) mass is 309 g/mol. The van der Waals surface area contributed by atoms with Gasteiger partial charge in [0.1, 0.15) is 5.82 Å². The minimum atomic E-state index is -0.281. The summed E-state index contributed by atoms with van der Waals surface area (Å²) >= 11 is 0. The Bertz CT molecular complexity index is 780. The van der Waals surface area contributed by atoms with Gasteiger partial charge in [0.05, 0.1) is 5.69 Å². The summed E-state index contributed by atoms with van der Waals surface area (Å²) in [6.45, 7) is 0.431. The maximum absolute atomic E-state index is 12.9. The molecule has 0 aliphatic rings. The number of carbonyl (C=O) groups excluding carboxylic acids is 1. The summed E-state index contributed by atoms with van der Waals surface area (Å²) in [6.07, 6.45) is 3.55. The Balaban J connectivity index is 1.70. The predicted octanol–water partition coefficient (Wildman–Crippen LogP) is 3.28. The van der Waals surface area contributed by atoms with Crippen molar-refractivity contribution in [2.75, 3.05) is 7.05 Å². The van der Waals surface area contributed by atoms with Crippen LogP contribution in [0.4, 0.5) is 4.39 Å². The van der Waals surface area contributed by atoms with E-state index in [9.17, 15) is 9.18 Å². The average molecular weight is 309 g/mol. The molecule has 4 nitrogen and oxygen atoms in total. The summed E-state index contributed by atoms with van der Waals surface area (Å²) in [4.78, 5) is 14.1. The summed E-state index contributed by atoms with van der Waals surface area (Å²) in [5, 5.41) is 4.15. The number of halogens is 1. The van der Waals surface area contributed by atoms with Crippen LogP contribution >= 0.6 is 0 Å². The molecule has 0 bridgehead atoms. The lowest BCUT2D eigenvalue weighted by Gasteiger charge is -2.17. The molecule has 0 radical (unpaired) electrons. The third kappa shape index (κ3) is 3.45. The summed E-state index contributed by atoms with van der Waals surface area (Å²) in [5.41, 5.74) is 2.38. The largest absolute Gasteiger partial charge is 0.337 e. The third-order valence-electron chi connectivity index (χ3n) is 3.56. The molecule has 0 unspecified atom stereocenters. The lowest BCUT2D eigenvalue weighted by Crippen LogP contribution is -2.26. The van der Waals surface area contributed by atoms with Crippen molar-refractivity contribution in [1.29, 1.82) is 0 Å². The molecule has 23 heavy (non-hydrogen) atoms. The Labute approximate surface area is 133 Å². The van der Waals surface area contributed by atoms with Crippen molar-refractivity contribution in [3.63, 3.8) is 0 Å². The second kappa shape index (κ2) is 6.44. The van der Waals surface area contributed by atoms with Gasteiger partial charge in [0.2, 0.25) is 0 Å². The van der Waals surface area contributed by atoms with Gasteiger partial charge in [-0.3, -0.25) is 4.79 Å². The molecular formula is C18H16FN3O. The van der Waals surface area contributed by atoms with Crippen LogP contribution in [-0.2, 0) is 6.54 Å². The molecule has 5 heteroatoms. The molecule has 3 aromatic rings. The molecule has 0 saturated carbocycles. The summed E-state index contributed by atoms with van der Waals surface area (Å²) < 4.78 is 14.6. The van der Waals surface area contributed by atoms with Crippen LogP contribution in [0.3, 0.4) is 0 Å². The van der Waals surface area contributed by atoms with E-state index in [0.717, 1.165) is 11.3 Å². The van der Waals surface area contributed by atoms with Gasteiger partial charge in [-0.15, -0.1) is 0 Å². The fourth-order valence-electron chi connectivity index (χ4n) is 2.33. The molecule has 3 rings (SSSR count). The van der Waals surface area contributed by atoms with E-state index < -0.39 is 0 Å². The first kappa shape index (κ1) is 15.0. The van der Waals surface area contributed by atoms with Crippen molar-refractivity contribution < 1.29 is 9.18 Å². The number of carbonyl (C=O) groups is 1. The summed E-state index contributed by atoms with van der Waals surface area (Å²) in [6, 6.07) is 15.3. The predicted molar refractivity (Wildman–Crippen MR) is 85.8 cm³/mol. The number of amides is 1. The van der Waals surface area contributed by atoms with Crippen molar-refractivity contribution in [2.24, 2.45) is 0 Å². The second-order valence-corrected chi connectivity index (χ2v) is 5.29. The van der Waals surface area contributed by atoms with Gasteiger partial charge in [0, 0.05) is 31.5 Å². The molecule has 0 N–H and O–H groups in total. The molecule has 1 heterocycles. The zero-order chi connectivity index (χ0) is 16.2. The molecule has 0 aliphatic carbocycles. The fraction of sp³-hybridized carbons (Fsp3) is 0.111. The van der Waals surface area contributed by atoms with Gasteiger partial charge in [0.25, 0.3) is 5.91 Å². The first-order valence-electron chi connectivity index (χ1n) is 7.23. The van der Waals surface area contributed by atoms with Crippen LogP contribution in [0.1, 0.15) is 15.9 Å². The maximum atomic E-state index is 12.9. The van der Waals surface area contributed by atoms with Crippen molar-refractivity contribution in [1.82, 2.24) is 14.7 Å². The lowest BCUT2D eigenvalue weighted by atomic mass is 10.1. The van der Waals surface area contributed by atoms with Crippen molar-refractivity contribution >= 4 is 5.91 Å². The quantitative estimate of drug-likeness (QED) is 0.742. The van der Waals surface area contributed by atoms with E-state index in [-0.39, 0.29) is 11.7 Å². The van der Waals surface area contributed by atoms with Crippen LogP contribution in [0.25, 0.3) is 5.69 Å². The SMILES string of the molecule is CN(Cc1ccc(F)cc1)C(=O)c1ccc(-n2cccn2)cc1. The number of hydrogen-bond acceptors (Lipinski definition) is 2. The average Bonchev–Trinajstić information content (AvgIpc) is 3.11. The molecule has 0 spiro atoms. The minimum Gasteiger partial charge on any atom is -0.337 e. The first-order chi connectivity index (χ1) is 11.1. The van der Waals surface area contributed by atoms with Crippen molar-refractivity contribution in [2.45, 2.75) is 6.54 Å². The van der Waals surface area contributed by atoms with Crippen LogP contribution in [0.15, 0.2) is 67.0 Å². The van der Waals surface area contributed by atoms with Gasteiger partial charge in [-0.05, 0) is 48.0 Å². The molecular weight excluding hydrogens is 293 g/mol. The molecule has 0 atom stereocenters. The van der Waals surface area contributed by atoms with Gasteiger partial charge >= 0.3 is 0 Å². The van der Waals surface area contributed by atoms with Crippen LogP contribution in [0.5, 0.6) is 0 Å². The molecule has 0 fully saturated rings. The Morgan fingerprint density at radius 1 is 1.13 bits per heavy atom. The zero-order valence-corrected chi connectivity index (χ0v) is 12.7. The fourth-order valence-corrected chi connectivity index (χ4v) is 2.33. The molecule has 0 aliphatic heterocycles. The molecule has 0 saturated heterocycles. The zero-order valence-electron chi connectivity index (χ0n) is 12.7. The Hall–Kier alpha value is -2.95. The lowest BCUT2D eigenvalue weighted by molar-refractivity contribution is 0.0785. The molecule has 1 aromatic heterocycles. The highest BCUT2D eigenvalue weighted by Crippen LogP contribution is 2.12. The Kier molecular flexibility index (Phi) is 4.19. The van der Waals surface area contributed by atoms with E-state index in [0.29, 0.717) is 12.1 Å². The van der Waals surface area contributed by atoms with E-state index in [1.165, 1.54) is 12.1 Å². The second-order valence-electron chi connectivity index (χ2n) is 5.29. The van der Waals surface area contributed by atoms with Gasteiger partial charge in [0.15, 0.2) is 0 Å². The van der Waals surface area contributed by atoms with Gasteiger partial charge in [-0.25, -0.2) is 9.07 Å². The highest BCUT2D eigenvalue weighted by atomic mass is 19.1. The smallest absolute Gasteiger partial charge is 0.253 e. The molecule has 116 valence electrons. The molecule has 2 aromatic carbocycles. The standard InChI is InChI=1S/C18H16FN3O/c1-21(13-14-3-7-16(19)8-4-14)18(23)15-5-9-17(10-6-15)22-12-2-11-20-22/h2-12H,13H2,1H3. The van der Waals surface area contributed by atoms with Crippen LogP contribution < -0.4 is 0 Å². The van der Waals surface area contributed by atoms with Crippen molar-refractivity contribution in [3.8, 4) is 5.69 Å². The van der Waals surface area contributed by atoms with E-state index in [2.05, 4.69) is 5.10 Å². The number of rotatable bonds is 4. The summed E-state index contributed by atoms with van der Waals surface area (Å²) in [7, 11) is 1.73. The minimum absolute atomic E-state index is 0.0821. The normalized spacial score (nSPS) is 10.5. The Morgan fingerprint density at radius 3 is 2.43 bits per heavy atom. The van der Waals surface area contributed by atoms with Gasteiger partial charge < -0.3 is 4.90 Å². The topological polar surface area (TPSA) is 38.1 Å². The Morgan fingerprint density at radius 2 is 1.83 bits per heavy atom. The third-order valence-corrected chi connectivity index (χ3v) is 3.56. The maximum Gasteiger partial charge on any atom is 0.253 e. The van der Waals surface area contributed by atoms with E-state index in [1.54, 1.807) is 47.1 Å². The summed E-state index contributed by atoms with van der Waals surface area (Å²) in [5.74, 6) is -0.363. The first-order valence-corrected chi connectivity index (χ1v) is 7.23. The van der Waals surface area contributed by atoms with Gasteiger partial charge in [-0.1, -0.05) is 12.1 Å². The number of hydrogen-bond donors (Lipinski definition) is 0. The van der Waals surface area contributed by atoms with Gasteiger partial charge in [-0.2, -0.15) is 5.10 Å². The van der Waals surface area contributed by atoms with Crippen LogP contribution in [0.2, 0.25) is 0 Å². The number of benzene rings is 2. The van der Waals surface area contributed by atoms with Crippen LogP contribution in [0, 0.1) is 5.82 Å². The highest BCUT2D eigenvalue weighted by Gasteiger charge is 2.12. The van der Waals surface area contributed by atoms with E-state index in [1.807, 2.05) is 24.4 Å². The van der Waals surface area contributed by atoms with E-state index >= 15 is 0 Å².